The molecule has 0 aromatic carbocycles. The van der Waals surface area contributed by atoms with Gasteiger partial charge in [0.25, 0.3) is 6.43 Å². The van der Waals surface area contributed by atoms with Crippen molar-refractivity contribution in [1.29, 1.82) is 0 Å². The average molecular weight is 250 g/mol. The Bertz CT molecular complexity index is 385. The summed E-state index contributed by atoms with van der Waals surface area (Å²) in [5, 5.41) is -0.281. The monoisotopic (exact) mass is 249 g/mol. The molecule has 0 saturated carbocycles. The van der Waals surface area contributed by atoms with E-state index < -0.39 is 12.4 Å². The fraction of sp³-hybridized carbons (Fsp3) is 0.400. The number of pyridine rings is 1. The number of halogens is 3. The number of rotatable bonds is 4. The van der Waals surface area contributed by atoms with Gasteiger partial charge in [0.15, 0.2) is 0 Å². The minimum absolute atomic E-state index is 0.0723. The summed E-state index contributed by atoms with van der Waals surface area (Å²) in [6.07, 6.45) is -2.74. The number of carbonyl (C=O) groups is 1. The summed E-state index contributed by atoms with van der Waals surface area (Å²) in [5.41, 5.74) is -0.0258. The number of carbonyl (C=O) groups excluding carboxylic acids is 1. The zero-order valence-electron chi connectivity index (χ0n) is 8.54. The Hall–Kier alpha value is -1.23. The number of hydrogen-bond acceptors (Lipinski definition) is 3. The van der Waals surface area contributed by atoms with Crippen molar-refractivity contribution in [2.45, 2.75) is 19.8 Å². The van der Waals surface area contributed by atoms with Gasteiger partial charge in [-0.25, -0.2) is 13.8 Å². The van der Waals surface area contributed by atoms with Crippen molar-refractivity contribution in [2.75, 3.05) is 6.61 Å². The van der Waals surface area contributed by atoms with E-state index in [-0.39, 0.29) is 23.7 Å². The highest BCUT2D eigenvalue weighted by molar-refractivity contribution is 6.30. The lowest BCUT2D eigenvalue weighted by Gasteiger charge is -2.05. The summed E-state index contributed by atoms with van der Waals surface area (Å²) in [6, 6.07) is 2.50. The fourth-order valence-electron chi connectivity index (χ4n) is 1.10. The first-order chi connectivity index (χ1) is 7.54. The fourth-order valence-corrected chi connectivity index (χ4v) is 1.36. The van der Waals surface area contributed by atoms with E-state index >= 15 is 0 Å². The molecule has 16 heavy (non-hydrogen) atoms. The van der Waals surface area contributed by atoms with Gasteiger partial charge in [0.2, 0.25) is 0 Å². The van der Waals surface area contributed by atoms with E-state index in [1.165, 1.54) is 6.07 Å². The molecule has 0 N–H and O–H groups in total. The van der Waals surface area contributed by atoms with Crippen LogP contribution in [-0.4, -0.2) is 17.6 Å². The van der Waals surface area contributed by atoms with Gasteiger partial charge >= 0.3 is 5.97 Å². The molecule has 0 radical (unpaired) electrons. The maximum absolute atomic E-state index is 12.3. The SMILES string of the molecule is CCOC(=O)Cc1ccc(C(F)F)c(Cl)n1. The van der Waals surface area contributed by atoms with Crippen LogP contribution in [0.2, 0.25) is 5.15 Å². The summed E-state index contributed by atoms with van der Waals surface area (Å²) in [5.74, 6) is -0.462. The Kier molecular flexibility index (Phi) is 4.61. The van der Waals surface area contributed by atoms with Crippen LogP contribution < -0.4 is 0 Å². The number of esters is 1. The molecule has 0 aliphatic heterocycles. The van der Waals surface area contributed by atoms with E-state index in [2.05, 4.69) is 4.98 Å². The zero-order chi connectivity index (χ0) is 12.1. The second-order valence-corrected chi connectivity index (χ2v) is 3.32. The van der Waals surface area contributed by atoms with Crippen molar-refractivity contribution in [3.63, 3.8) is 0 Å². The van der Waals surface area contributed by atoms with Gasteiger partial charge in [0, 0.05) is 0 Å². The molecule has 1 rings (SSSR count). The number of hydrogen-bond donors (Lipinski definition) is 0. The first-order valence-electron chi connectivity index (χ1n) is 4.63. The molecule has 1 aromatic rings. The van der Waals surface area contributed by atoms with Crippen LogP contribution in [0.4, 0.5) is 8.78 Å². The molecule has 88 valence electrons. The van der Waals surface area contributed by atoms with Gasteiger partial charge in [-0.3, -0.25) is 4.79 Å². The van der Waals surface area contributed by atoms with Gasteiger partial charge in [-0.05, 0) is 19.1 Å². The summed E-state index contributed by atoms with van der Waals surface area (Å²) < 4.78 is 29.3. The molecule has 0 aliphatic rings. The van der Waals surface area contributed by atoms with Crippen LogP contribution in [0.3, 0.4) is 0 Å². The minimum atomic E-state index is -2.67. The number of aromatic nitrogens is 1. The van der Waals surface area contributed by atoms with Crippen molar-refractivity contribution in [2.24, 2.45) is 0 Å². The van der Waals surface area contributed by atoms with E-state index in [9.17, 15) is 13.6 Å². The van der Waals surface area contributed by atoms with Crippen LogP contribution in [0.5, 0.6) is 0 Å². The Morgan fingerprint density at radius 3 is 2.75 bits per heavy atom. The van der Waals surface area contributed by atoms with Gasteiger partial charge in [0.1, 0.15) is 5.15 Å². The third-order valence-corrected chi connectivity index (χ3v) is 2.10. The number of ether oxygens (including phenoxy) is 1. The second kappa shape index (κ2) is 5.75. The van der Waals surface area contributed by atoms with Gasteiger partial charge in [-0.1, -0.05) is 11.6 Å². The maximum Gasteiger partial charge on any atom is 0.311 e. The zero-order valence-corrected chi connectivity index (χ0v) is 9.30. The van der Waals surface area contributed by atoms with Crippen LogP contribution in [0.1, 0.15) is 24.6 Å². The van der Waals surface area contributed by atoms with E-state index in [1.807, 2.05) is 0 Å². The van der Waals surface area contributed by atoms with Gasteiger partial charge in [-0.2, -0.15) is 0 Å². The summed E-state index contributed by atoms with van der Waals surface area (Å²) >= 11 is 5.54. The van der Waals surface area contributed by atoms with Crippen molar-refractivity contribution in [3.8, 4) is 0 Å². The lowest BCUT2D eigenvalue weighted by atomic mass is 10.2. The highest BCUT2D eigenvalue weighted by atomic mass is 35.5. The molecular weight excluding hydrogens is 240 g/mol. The van der Waals surface area contributed by atoms with Crippen LogP contribution >= 0.6 is 11.6 Å². The Labute approximate surface area is 96.4 Å². The normalized spacial score (nSPS) is 10.6. The lowest BCUT2D eigenvalue weighted by Crippen LogP contribution is -2.09. The van der Waals surface area contributed by atoms with Gasteiger partial charge < -0.3 is 4.74 Å². The number of alkyl halides is 2. The van der Waals surface area contributed by atoms with E-state index in [1.54, 1.807) is 6.92 Å². The van der Waals surface area contributed by atoms with Crippen molar-refractivity contribution < 1.29 is 18.3 Å². The molecule has 0 aliphatic carbocycles. The van der Waals surface area contributed by atoms with Crippen molar-refractivity contribution in [1.82, 2.24) is 4.98 Å². The first kappa shape index (κ1) is 12.8. The summed E-state index contributed by atoms with van der Waals surface area (Å²) in [6.45, 7) is 1.94. The highest BCUT2D eigenvalue weighted by Gasteiger charge is 2.14. The van der Waals surface area contributed by atoms with Crippen LogP contribution in [0.15, 0.2) is 12.1 Å². The topological polar surface area (TPSA) is 39.2 Å². The molecule has 3 nitrogen and oxygen atoms in total. The second-order valence-electron chi connectivity index (χ2n) is 2.97. The van der Waals surface area contributed by atoms with E-state index in [4.69, 9.17) is 16.3 Å². The van der Waals surface area contributed by atoms with Gasteiger partial charge in [0.05, 0.1) is 24.3 Å². The minimum Gasteiger partial charge on any atom is -0.466 e. The lowest BCUT2D eigenvalue weighted by molar-refractivity contribution is -0.142. The van der Waals surface area contributed by atoms with E-state index in [0.717, 1.165) is 6.07 Å². The molecule has 0 saturated heterocycles. The largest absolute Gasteiger partial charge is 0.466 e. The predicted octanol–water partition coefficient (Wildman–Crippen LogP) is 2.78. The van der Waals surface area contributed by atoms with Gasteiger partial charge in [-0.15, -0.1) is 0 Å². The molecule has 0 spiro atoms. The third kappa shape index (κ3) is 3.41. The molecule has 1 heterocycles. The molecule has 1 aromatic heterocycles. The average Bonchev–Trinajstić information content (AvgIpc) is 2.17. The molecular formula is C10H10ClF2NO2. The smallest absolute Gasteiger partial charge is 0.311 e. The van der Waals surface area contributed by atoms with Crippen LogP contribution in [0, 0.1) is 0 Å². The van der Waals surface area contributed by atoms with Crippen LogP contribution in [0.25, 0.3) is 0 Å². The summed E-state index contributed by atoms with van der Waals surface area (Å²) in [4.78, 5) is 14.8. The van der Waals surface area contributed by atoms with Crippen molar-refractivity contribution in [3.05, 3.63) is 28.5 Å². The highest BCUT2D eigenvalue weighted by Crippen LogP contribution is 2.25. The molecule has 0 atom stereocenters. The maximum atomic E-state index is 12.3. The Balaban J connectivity index is 2.77. The van der Waals surface area contributed by atoms with Crippen LogP contribution in [-0.2, 0) is 16.0 Å². The third-order valence-electron chi connectivity index (χ3n) is 1.80. The van der Waals surface area contributed by atoms with E-state index in [0.29, 0.717) is 5.69 Å². The molecule has 0 fully saturated rings. The summed E-state index contributed by atoms with van der Waals surface area (Å²) in [7, 11) is 0. The standard InChI is InChI=1S/C10H10ClF2NO2/c1-2-16-8(15)5-6-3-4-7(10(12)13)9(11)14-6/h3-4,10H,2,5H2,1H3. The first-order valence-corrected chi connectivity index (χ1v) is 5.01. The predicted molar refractivity (Wildman–Crippen MR) is 54.5 cm³/mol. The Morgan fingerprint density at radius 2 is 2.25 bits per heavy atom. The molecule has 0 amide bonds. The van der Waals surface area contributed by atoms with Crippen molar-refractivity contribution >= 4 is 17.6 Å². The quantitative estimate of drug-likeness (QED) is 0.608. The molecule has 6 heteroatoms. The number of nitrogens with zero attached hydrogens (tertiary/aromatic N) is 1. The molecule has 0 bridgehead atoms. The molecule has 0 unspecified atom stereocenters. The Morgan fingerprint density at radius 1 is 1.56 bits per heavy atom.